The molecule has 5 heteroatoms. The fourth-order valence-electron chi connectivity index (χ4n) is 3.01. The average molecular weight is 244 g/mol. The van der Waals surface area contributed by atoms with Crippen LogP contribution >= 0.6 is 0 Å². The maximum absolute atomic E-state index is 5.85. The quantitative estimate of drug-likeness (QED) is 0.759. The van der Waals surface area contributed by atoms with Gasteiger partial charge in [0, 0.05) is 20.1 Å². The van der Waals surface area contributed by atoms with Crippen LogP contribution in [0.2, 0.25) is 0 Å². The summed E-state index contributed by atoms with van der Waals surface area (Å²) in [5.41, 5.74) is 2.05. The Labute approximate surface area is 105 Å². The molecule has 2 unspecified atom stereocenters. The molecule has 5 nitrogen and oxygen atoms in total. The lowest BCUT2D eigenvalue weighted by Crippen LogP contribution is -2.43. The normalized spacial score (nSPS) is 27.1. The number of anilines is 1. The number of aromatic nitrogens is 3. The molecule has 2 aromatic rings. The molecule has 0 spiro atoms. The summed E-state index contributed by atoms with van der Waals surface area (Å²) in [5, 5.41) is 4.24. The van der Waals surface area contributed by atoms with Gasteiger partial charge in [0.15, 0.2) is 0 Å². The third-order valence-electron chi connectivity index (χ3n) is 3.96. The molecule has 2 atom stereocenters. The van der Waals surface area contributed by atoms with E-state index in [1.54, 1.807) is 0 Å². The number of aryl methyl sites for hydroxylation is 1. The Morgan fingerprint density at radius 2 is 2.00 bits per heavy atom. The van der Waals surface area contributed by atoms with Crippen molar-refractivity contribution in [2.45, 2.75) is 25.0 Å². The van der Waals surface area contributed by atoms with Gasteiger partial charge in [0.25, 0.3) is 0 Å². The molecule has 0 aromatic carbocycles. The van der Waals surface area contributed by atoms with Gasteiger partial charge in [-0.25, -0.2) is 4.98 Å². The fourth-order valence-corrected chi connectivity index (χ4v) is 3.01. The monoisotopic (exact) mass is 244 g/mol. The Morgan fingerprint density at radius 3 is 2.78 bits per heavy atom. The molecule has 0 radical (unpaired) electrons. The van der Waals surface area contributed by atoms with E-state index in [-0.39, 0.29) is 0 Å². The van der Waals surface area contributed by atoms with E-state index >= 15 is 0 Å². The van der Waals surface area contributed by atoms with Crippen LogP contribution in [-0.2, 0) is 11.8 Å². The van der Waals surface area contributed by atoms with Crippen LogP contribution in [0.25, 0.3) is 11.0 Å². The van der Waals surface area contributed by atoms with Gasteiger partial charge in [-0.3, -0.25) is 4.68 Å². The third kappa shape index (κ3) is 1.50. The SMILES string of the molecule is Cn1ncc2nc(N3CC4CCC(C3)O4)ccc21. The maximum Gasteiger partial charge on any atom is 0.129 e. The molecule has 0 N–H and O–H groups in total. The van der Waals surface area contributed by atoms with Crippen molar-refractivity contribution in [2.24, 2.45) is 7.05 Å². The smallest absolute Gasteiger partial charge is 0.129 e. The lowest BCUT2D eigenvalue weighted by Gasteiger charge is -2.32. The fraction of sp³-hybridized carbons (Fsp3) is 0.538. The van der Waals surface area contributed by atoms with Crippen molar-refractivity contribution in [2.75, 3.05) is 18.0 Å². The first-order chi connectivity index (χ1) is 8.79. The summed E-state index contributed by atoms with van der Waals surface area (Å²) in [6.07, 6.45) is 5.01. The molecule has 0 saturated carbocycles. The van der Waals surface area contributed by atoms with Crippen molar-refractivity contribution in [1.29, 1.82) is 0 Å². The summed E-state index contributed by atoms with van der Waals surface area (Å²) >= 11 is 0. The second kappa shape index (κ2) is 3.68. The Balaban J connectivity index is 1.69. The van der Waals surface area contributed by atoms with Crippen LogP contribution in [0.1, 0.15) is 12.8 Å². The van der Waals surface area contributed by atoms with Gasteiger partial charge in [-0.15, -0.1) is 0 Å². The van der Waals surface area contributed by atoms with Crippen LogP contribution in [-0.4, -0.2) is 40.1 Å². The molecule has 2 bridgehead atoms. The minimum Gasteiger partial charge on any atom is -0.371 e. The van der Waals surface area contributed by atoms with Gasteiger partial charge in [0.05, 0.1) is 23.9 Å². The van der Waals surface area contributed by atoms with Crippen molar-refractivity contribution in [3.05, 3.63) is 18.3 Å². The van der Waals surface area contributed by atoms with Crippen LogP contribution in [0.4, 0.5) is 5.82 Å². The Bertz CT molecular complexity index is 582. The van der Waals surface area contributed by atoms with E-state index in [1.807, 2.05) is 17.9 Å². The lowest BCUT2D eigenvalue weighted by atomic mass is 10.2. The van der Waals surface area contributed by atoms with E-state index in [0.717, 1.165) is 29.9 Å². The molecular weight excluding hydrogens is 228 g/mol. The molecule has 18 heavy (non-hydrogen) atoms. The summed E-state index contributed by atoms with van der Waals surface area (Å²) in [7, 11) is 1.94. The van der Waals surface area contributed by atoms with Crippen LogP contribution in [0.3, 0.4) is 0 Å². The van der Waals surface area contributed by atoms with Gasteiger partial charge in [-0.05, 0) is 25.0 Å². The minimum atomic E-state index is 0.398. The van der Waals surface area contributed by atoms with Crippen LogP contribution in [0, 0.1) is 0 Å². The average Bonchev–Trinajstić information content (AvgIpc) is 2.93. The second-order valence-corrected chi connectivity index (χ2v) is 5.20. The predicted molar refractivity (Wildman–Crippen MR) is 68.6 cm³/mol. The molecule has 0 amide bonds. The lowest BCUT2D eigenvalue weighted by molar-refractivity contribution is 0.0302. The highest BCUT2D eigenvalue weighted by Gasteiger charge is 2.34. The first-order valence-corrected chi connectivity index (χ1v) is 6.49. The highest BCUT2D eigenvalue weighted by molar-refractivity contribution is 5.76. The largest absolute Gasteiger partial charge is 0.371 e. The summed E-state index contributed by atoms with van der Waals surface area (Å²) in [5.74, 6) is 1.05. The summed E-state index contributed by atoms with van der Waals surface area (Å²) in [4.78, 5) is 7.05. The van der Waals surface area contributed by atoms with Crippen LogP contribution in [0.5, 0.6) is 0 Å². The van der Waals surface area contributed by atoms with E-state index in [4.69, 9.17) is 9.72 Å². The first-order valence-electron chi connectivity index (χ1n) is 6.49. The zero-order valence-corrected chi connectivity index (χ0v) is 10.4. The molecule has 2 saturated heterocycles. The van der Waals surface area contributed by atoms with Crippen LogP contribution in [0.15, 0.2) is 18.3 Å². The molecule has 2 aromatic heterocycles. The molecule has 2 aliphatic heterocycles. The molecule has 94 valence electrons. The number of rotatable bonds is 1. The zero-order chi connectivity index (χ0) is 12.1. The standard InChI is InChI=1S/C13H16N4O/c1-16-12-4-5-13(15-11(12)6-14-16)17-7-9-2-3-10(8-17)18-9/h4-6,9-10H,2-3,7-8H2,1H3. The predicted octanol–water partition coefficient (Wildman–Crippen LogP) is 1.34. The van der Waals surface area contributed by atoms with E-state index in [2.05, 4.69) is 22.1 Å². The van der Waals surface area contributed by atoms with E-state index in [0.29, 0.717) is 12.2 Å². The number of hydrogen-bond donors (Lipinski definition) is 0. The Kier molecular flexibility index (Phi) is 2.11. The molecule has 2 aliphatic rings. The zero-order valence-electron chi connectivity index (χ0n) is 10.4. The van der Waals surface area contributed by atoms with Crippen molar-refractivity contribution in [3.63, 3.8) is 0 Å². The van der Waals surface area contributed by atoms with Gasteiger partial charge in [0.1, 0.15) is 11.3 Å². The summed E-state index contributed by atoms with van der Waals surface area (Å²) in [6, 6.07) is 4.19. The van der Waals surface area contributed by atoms with E-state index in [1.165, 1.54) is 12.8 Å². The summed E-state index contributed by atoms with van der Waals surface area (Å²) in [6.45, 7) is 1.94. The van der Waals surface area contributed by atoms with Crippen molar-refractivity contribution in [3.8, 4) is 0 Å². The van der Waals surface area contributed by atoms with Gasteiger partial charge >= 0.3 is 0 Å². The Morgan fingerprint density at radius 1 is 1.22 bits per heavy atom. The van der Waals surface area contributed by atoms with E-state index < -0.39 is 0 Å². The number of morpholine rings is 1. The number of hydrogen-bond acceptors (Lipinski definition) is 4. The topological polar surface area (TPSA) is 43.2 Å². The summed E-state index contributed by atoms with van der Waals surface area (Å²) < 4.78 is 7.71. The van der Waals surface area contributed by atoms with Crippen molar-refractivity contribution < 1.29 is 4.74 Å². The molecule has 4 rings (SSSR count). The molecule has 0 aliphatic carbocycles. The third-order valence-corrected chi connectivity index (χ3v) is 3.96. The van der Waals surface area contributed by atoms with Gasteiger partial charge in [-0.2, -0.15) is 5.10 Å². The maximum atomic E-state index is 5.85. The number of pyridine rings is 1. The number of fused-ring (bicyclic) bond motifs is 3. The minimum absolute atomic E-state index is 0.398. The second-order valence-electron chi connectivity index (χ2n) is 5.20. The first kappa shape index (κ1) is 10.3. The number of ether oxygens (including phenoxy) is 1. The molecular formula is C13H16N4O. The highest BCUT2D eigenvalue weighted by Crippen LogP contribution is 2.29. The molecule has 4 heterocycles. The van der Waals surface area contributed by atoms with Gasteiger partial charge in [0.2, 0.25) is 0 Å². The molecule has 2 fully saturated rings. The number of nitrogens with zero attached hydrogens (tertiary/aromatic N) is 4. The Hall–Kier alpha value is -1.62. The highest BCUT2D eigenvalue weighted by atomic mass is 16.5. The van der Waals surface area contributed by atoms with Crippen molar-refractivity contribution in [1.82, 2.24) is 14.8 Å². The van der Waals surface area contributed by atoms with Gasteiger partial charge in [-0.1, -0.05) is 0 Å². The van der Waals surface area contributed by atoms with Crippen molar-refractivity contribution >= 4 is 16.9 Å². The van der Waals surface area contributed by atoms with Gasteiger partial charge < -0.3 is 9.64 Å². The van der Waals surface area contributed by atoms with Crippen LogP contribution < -0.4 is 4.90 Å². The van der Waals surface area contributed by atoms with E-state index in [9.17, 15) is 0 Å².